The number of aliphatic carboxylic acids is 2. The van der Waals surface area contributed by atoms with Crippen molar-refractivity contribution in [1.82, 2.24) is 16.0 Å². The standard InChI is InChI=1S/C20H34N6O9/c1-9(2)7-10(21)17(31)26-13(8-15(23)28)19(33)24-11(4-6-16(29)30)18(32)25-12(20(34)35)3-5-14(22)27/h9-13H,3-8,21H2,1-2H3,(H2,22,27)(H2,23,28)(H,24,33)(H,25,32)(H,26,31)(H,29,30)(H,34,35). The molecular formula is C20H34N6O9. The van der Waals surface area contributed by atoms with Gasteiger partial charge in [0.15, 0.2) is 0 Å². The van der Waals surface area contributed by atoms with Gasteiger partial charge in [0.1, 0.15) is 18.1 Å². The number of carbonyl (C=O) groups excluding carboxylic acids is 5. The lowest BCUT2D eigenvalue weighted by Gasteiger charge is -2.24. The van der Waals surface area contributed by atoms with Crippen LogP contribution < -0.4 is 33.2 Å². The molecule has 5 amide bonds. The predicted octanol–water partition coefficient (Wildman–Crippen LogP) is -3.10. The summed E-state index contributed by atoms with van der Waals surface area (Å²) in [5, 5.41) is 24.8. The number of nitrogens with one attached hydrogen (secondary N) is 3. The number of amides is 5. The Kier molecular flexibility index (Phi) is 13.6. The van der Waals surface area contributed by atoms with Crippen LogP contribution in [0.5, 0.6) is 0 Å². The molecule has 0 heterocycles. The monoisotopic (exact) mass is 502 g/mol. The number of hydrogen-bond acceptors (Lipinski definition) is 8. The van der Waals surface area contributed by atoms with E-state index in [-0.39, 0.29) is 25.2 Å². The summed E-state index contributed by atoms with van der Waals surface area (Å²) < 4.78 is 0. The highest BCUT2D eigenvalue weighted by molar-refractivity contribution is 5.96. The highest BCUT2D eigenvalue weighted by atomic mass is 16.4. The molecule has 0 aromatic rings. The van der Waals surface area contributed by atoms with Crippen molar-refractivity contribution in [2.75, 3.05) is 0 Å². The maximum atomic E-state index is 12.8. The molecule has 198 valence electrons. The summed E-state index contributed by atoms with van der Waals surface area (Å²) in [6.45, 7) is 3.64. The van der Waals surface area contributed by atoms with Crippen molar-refractivity contribution < 1.29 is 43.8 Å². The summed E-state index contributed by atoms with van der Waals surface area (Å²) in [5.41, 5.74) is 15.9. The molecule has 0 rings (SSSR count). The molecule has 0 saturated carbocycles. The second-order valence-electron chi connectivity index (χ2n) is 8.37. The zero-order chi connectivity index (χ0) is 27.3. The average molecular weight is 503 g/mol. The van der Waals surface area contributed by atoms with E-state index >= 15 is 0 Å². The van der Waals surface area contributed by atoms with Gasteiger partial charge in [-0.3, -0.25) is 28.8 Å². The van der Waals surface area contributed by atoms with Crippen molar-refractivity contribution in [2.24, 2.45) is 23.1 Å². The molecule has 0 aliphatic carbocycles. The lowest BCUT2D eigenvalue weighted by molar-refractivity contribution is -0.143. The topological polar surface area (TPSA) is 274 Å². The number of carboxylic acids is 2. The number of hydrogen-bond donors (Lipinski definition) is 8. The Balaban J connectivity index is 5.60. The van der Waals surface area contributed by atoms with Gasteiger partial charge in [0.05, 0.1) is 12.5 Å². The van der Waals surface area contributed by atoms with E-state index in [1.807, 2.05) is 13.8 Å². The van der Waals surface area contributed by atoms with Gasteiger partial charge in [-0.1, -0.05) is 13.8 Å². The molecule has 4 unspecified atom stereocenters. The van der Waals surface area contributed by atoms with E-state index in [1.54, 1.807) is 0 Å². The van der Waals surface area contributed by atoms with Gasteiger partial charge in [0.2, 0.25) is 29.5 Å². The zero-order valence-electron chi connectivity index (χ0n) is 19.6. The first-order valence-corrected chi connectivity index (χ1v) is 10.8. The minimum atomic E-state index is -1.55. The van der Waals surface area contributed by atoms with Crippen LogP contribution >= 0.6 is 0 Å². The minimum absolute atomic E-state index is 0.0556. The van der Waals surface area contributed by atoms with Crippen LogP contribution in [0.2, 0.25) is 0 Å². The highest BCUT2D eigenvalue weighted by Gasteiger charge is 2.31. The van der Waals surface area contributed by atoms with E-state index in [0.717, 1.165) is 0 Å². The molecular weight excluding hydrogens is 468 g/mol. The van der Waals surface area contributed by atoms with E-state index < -0.39 is 84.9 Å². The summed E-state index contributed by atoms with van der Waals surface area (Å²) in [6.07, 6.45) is -2.09. The number of nitrogens with two attached hydrogens (primary N) is 3. The van der Waals surface area contributed by atoms with E-state index in [9.17, 15) is 38.7 Å². The molecule has 35 heavy (non-hydrogen) atoms. The Bertz CT molecular complexity index is 817. The summed E-state index contributed by atoms with van der Waals surface area (Å²) in [4.78, 5) is 82.5. The molecule has 4 atom stereocenters. The molecule has 11 N–H and O–H groups in total. The third-order valence-corrected chi connectivity index (χ3v) is 4.67. The van der Waals surface area contributed by atoms with Crippen LogP contribution in [0.25, 0.3) is 0 Å². The number of rotatable bonds is 17. The first kappa shape index (κ1) is 31.2. The van der Waals surface area contributed by atoms with Crippen LogP contribution in [0, 0.1) is 5.92 Å². The summed E-state index contributed by atoms with van der Waals surface area (Å²) in [5.74, 6) is -7.33. The Morgan fingerprint density at radius 1 is 0.714 bits per heavy atom. The van der Waals surface area contributed by atoms with Gasteiger partial charge >= 0.3 is 11.9 Å². The Morgan fingerprint density at radius 2 is 1.20 bits per heavy atom. The third kappa shape index (κ3) is 13.5. The van der Waals surface area contributed by atoms with Gasteiger partial charge in [-0.2, -0.15) is 0 Å². The van der Waals surface area contributed by atoms with Gasteiger partial charge in [0, 0.05) is 12.8 Å². The predicted molar refractivity (Wildman–Crippen MR) is 120 cm³/mol. The molecule has 0 aromatic carbocycles. The minimum Gasteiger partial charge on any atom is -0.481 e. The van der Waals surface area contributed by atoms with E-state index in [1.165, 1.54) is 0 Å². The SMILES string of the molecule is CC(C)CC(N)C(=O)NC(CC(N)=O)C(=O)NC(CCC(=O)O)C(=O)NC(CCC(N)=O)C(=O)O. The molecule has 0 aromatic heterocycles. The second-order valence-corrected chi connectivity index (χ2v) is 8.37. The normalized spacial score (nSPS) is 14.2. The Morgan fingerprint density at radius 3 is 1.66 bits per heavy atom. The lowest BCUT2D eigenvalue weighted by Crippen LogP contribution is -2.57. The molecule has 0 radical (unpaired) electrons. The second kappa shape index (κ2) is 15.2. The van der Waals surface area contributed by atoms with Gasteiger partial charge < -0.3 is 43.4 Å². The quantitative estimate of drug-likeness (QED) is 0.0991. The fourth-order valence-corrected chi connectivity index (χ4v) is 2.93. The van der Waals surface area contributed by atoms with Crippen molar-refractivity contribution in [1.29, 1.82) is 0 Å². The summed E-state index contributed by atoms with van der Waals surface area (Å²) >= 11 is 0. The Labute approximate surface area is 201 Å². The van der Waals surface area contributed by atoms with Crippen molar-refractivity contribution >= 4 is 41.5 Å². The van der Waals surface area contributed by atoms with E-state index in [4.69, 9.17) is 22.3 Å². The molecule has 15 heteroatoms. The highest BCUT2D eigenvalue weighted by Crippen LogP contribution is 2.06. The summed E-state index contributed by atoms with van der Waals surface area (Å²) in [6, 6.07) is -5.62. The first-order valence-electron chi connectivity index (χ1n) is 10.8. The Hall–Kier alpha value is -3.75. The van der Waals surface area contributed by atoms with Crippen LogP contribution in [0.4, 0.5) is 0 Å². The molecule has 0 spiro atoms. The van der Waals surface area contributed by atoms with Crippen molar-refractivity contribution in [3.63, 3.8) is 0 Å². The van der Waals surface area contributed by atoms with Crippen LogP contribution in [0.15, 0.2) is 0 Å². The third-order valence-electron chi connectivity index (χ3n) is 4.67. The van der Waals surface area contributed by atoms with Crippen LogP contribution in [-0.2, 0) is 33.6 Å². The molecule has 15 nitrogen and oxygen atoms in total. The largest absolute Gasteiger partial charge is 0.481 e. The van der Waals surface area contributed by atoms with Gasteiger partial charge in [-0.15, -0.1) is 0 Å². The van der Waals surface area contributed by atoms with Gasteiger partial charge in [-0.25, -0.2) is 4.79 Å². The van der Waals surface area contributed by atoms with E-state index in [2.05, 4.69) is 16.0 Å². The summed E-state index contributed by atoms with van der Waals surface area (Å²) in [7, 11) is 0. The molecule has 0 aliphatic rings. The fourth-order valence-electron chi connectivity index (χ4n) is 2.93. The molecule has 0 saturated heterocycles. The zero-order valence-corrected chi connectivity index (χ0v) is 19.6. The van der Waals surface area contributed by atoms with Crippen molar-refractivity contribution in [3.8, 4) is 0 Å². The van der Waals surface area contributed by atoms with Crippen LogP contribution in [0.3, 0.4) is 0 Å². The van der Waals surface area contributed by atoms with Gasteiger partial charge in [-0.05, 0) is 25.2 Å². The maximum absolute atomic E-state index is 12.8. The van der Waals surface area contributed by atoms with Crippen LogP contribution in [-0.4, -0.2) is 75.9 Å². The molecule has 0 aliphatic heterocycles. The lowest BCUT2D eigenvalue weighted by atomic mass is 10.0. The molecule has 0 fully saturated rings. The average Bonchev–Trinajstić information content (AvgIpc) is 2.71. The van der Waals surface area contributed by atoms with Crippen LogP contribution in [0.1, 0.15) is 52.4 Å². The maximum Gasteiger partial charge on any atom is 0.326 e. The molecule has 0 bridgehead atoms. The fraction of sp³-hybridized carbons (Fsp3) is 0.650. The van der Waals surface area contributed by atoms with Crippen molar-refractivity contribution in [2.45, 2.75) is 76.5 Å². The number of carbonyl (C=O) groups is 7. The van der Waals surface area contributed by atoms with Gasteiger partial charge in [0.25, 0.3) is 0 Å². The van der Waals surface area contributed by atoms with E-state index in [0.29, 0.717) is 0 Å². The number of carboxylic acid groups (broad SMARTS) is 2. The smallest absolute Gasteiger partial charge is 0.326 e. The van der Waals surface area contributed by atoms with Crippen molar-refractivity contribution in [3.05, 3.63) is 0 Å². The number of primary amides is 2. The first-order chi connectivity index (χ1) is 16.1.